The number of rotatable bonds is 79. The Bertz CT molecular complexity index is 2330. The zero-order chi connectivity index (χ0) is 84.5. The molecule has 0 aliphatic carbocycles. The summed E-state index contributed by atoms with van der Waals surface area (Å²) in [7, 11) is 0. The average Bonchev–Trinajstić information content (AvgIpc) is 0.754. The van der Waals surface area contributed by atoms with Crippen LogP contribution in [0.15, 0.2) is 12.2 Å². The first-order chi connectivity index (χ1) is 56.4. The predicted molar refractivity (Wildman–Crippen MR) is 458 cm³/mol. The summed E-state index contributed by atoms with van der Waals surface area (Å²) in [5, 5.41) is 137. The molecule has 684 valence electrons. The van der Waals surface area contributed by atoms with Gasteiger partial charge in [0.05, 0.1) is 50.7 Å². The third-order valence-corrected chi connectivity index (χ3v) is 24.5. The smallest absolute Gasteiger partial charge is 0.364 e. The Balaban J connectivity index is 1.41. The summed E-state index contributed by atoms with van der Waals surface area (Å²) in [5.41, 5.74) is 0. The first-order valence-electron chi connectivity index (χ1n) is 48.1. The molecular formula is C93H176N2O21. The second-order valence-corrected chi connectivity index (χ2v) is 34.9. The fourth-order valence-electron chi connectivity index (χ4n) is 17.0. The molecule has 2 amide bonds. The summed E-state index contributed by atoms with van der Waals surface area (Å²) in [6.45, 7) is 2.23. The summed E-state index contributed by atoms with van der Waals surface area (Å²) in [6.07, 6.45) is 54.2. The van der Waals surface area contributed by atoms with Crippen molar-refractivity contribution >= 4 is 17.8 Å². The number of hydrogen-bond acceptors (Lipinski definition) is 20. The van der Waals surface area contributed by atoms with E-state index in [-0.39, 0.29) is 12.3 Å². The maximum absolute atomic E-state index is 13.6. The Labute approximate surface area is 702 Å². The molecule has 3 aliphatic heterocycles. The van der Waals surface area contributed by atoms with E-state index in [1.807, 2.05) is 6.08 Å². The molecular weight excluding hydrogens is 1480 g/mol. The first kappa shape index (κ1) is 108. The maximum atomic E-state index is 13.6. The van der Waals surface area contributed by atoms with Crippen molar-refractivity contribution in [1.82, 2.24) is 10.6 Å². The number of amides is 2. The van der Waals surface area contributed by atoms with Crippen LogP contribution in [-0.2, 0) is 42.8 Å². The molecule has 0 aromatic carbocycles. The number of allylic oxidation sites excluding steroid dienone is 1. The van der Waals surface area contributed by atoms with Crippen molar-refractivity contribution in [2.45, 2.75) is 535 Å². The first-order valence-corrected chi connectivity index (χ1v) is 48.1. The molecule has 14 N–H and O–H groups in total. The molecule has 0 aromatic heterocycles. The monoisotopic (exact) mass is 1660 g/mol. The van der Waals surface area contributed by atoms with E-state index in [9.17, 15) is 75.7 Å². The van der Waals surface area contributed by atoms with Gasteiger partial charge in [-0.3, -0.25) is 9.59 Å². The number of aliphatic hydroxyl groups excluding tert-OH is 11. The third kappa shape index (κ3) is 48.5. The molecule has 18 atom stereocenters. The van der Waals surface area contributed by atoms with Gasteiger partial charge in [0.2, 0.25) is 11.8 Å². The Kier molecular flexibility index (Phi) is 65.7. The van der Waals surface area contributed by atoms with Crippen molar-refractivity contribution in [2.24, 2.45) is 0 Å². The zero-order valence-corrected chi connectivity index (χ0v) is 73.4. The van der Waals surface area contributed by atoms with Gasteiger partial charge in [0, 0.05) is 19.8 Å². The molecule has 3 fully saturated rings. The summed E-state index contributed by atoms with van der Waals surface area (Å²) in [6, 6.07) is -2.62. The SMILES string of the molecule is CCCCCCCCCCCCCCCCCCCCCCCCC/C=C/C(O)C(COC1OC(CO)C(OC2OC(CO)C(O)C(OC3(C(=O)O)CC(O)C(NC(C)=O)C(C(O)C(O)CO)O3)C2O)C(O)C1O)NC(=O)CCCCCCCCCCCCCCCCCCCCCCCCCCCCCCCCCCCCCCC. The second kappa shape index (κ2) is 70.8. The van der Waals surface area contributed by atoms with E-state index in [0.717, 1.165) is 51.9 Å². The molecule has 0 aromatic rings. The van der Waals surface area contributed by atoms with Crippen LogP contribution >= 0.6 is 0 Å². The summed E-state index contributed by atoms with van der Waals surface area (Å²) < 4.78 is 35.0. The standard InChI is InChI=1S/C93H176N2O21/c1-4-6-8-10-12-14-16-18-20-22-24-26-28-30-31-32-33-34-35-36-37-38-39-40-41-43-45-47-49-51-53-55-57-59-61-63-65-67-80(103)95-74(75(100)66-64-62-60-58-56-54-52-50-48-46-44-42-29-27-25-23-21-19-17-15-13-11-9-7-5-2)72-111-90-85(107)84(106)87(79(71-98)113-90)114-91-86(108)89(83(105)78(70-97)112-91)116-93(92(109)110)68-76(101)81(94-73(3)99)88(115-93)82(104)77(102)69-96/h64,66,74-79,81-91,96-98,100-102,104-108H,4-63,65,67-72H2,1-3H3,(H,94,99)(H,95,103)(H,109,110)/b66-64+. The Morgan fingerprint density at radius 1 is 0.448 bits per heavy atom. The van der Waals surface area contributed by atoms with Gasteiger partial charge in [0.15, 0.2) is 12.6 Å². The van der Waals surface area contributed by atoms with Gasteiger partial charge in [0.25, 0.3) is 5.79 Å². The highest BCUT2D eigenvalue weighted by Crippen LogP contribution is 2.39. The van der Waals surface area contributed by atoms with Crippen LogP contribution < -0.4 is 10.6 Å². The fourth-order valence-corrected chi connectivity index (χ4v) is 17.0. The minimum Gasteiger partial charge on any atom is -0.477 e. The van der Waals surface area contributed by atoms with E-state index >= 15 is 0 Å². The number of aliphatic carboxylic acids is 1. The average molecular weight is 1660 g/mol. The fraction of sp³-hybridized carbons (Fsp3) is 0.946. The highest BCUT2D eigenvalue weighted by atomic mass is 16.8. The lowest BCUT2D eigenvalue weighted by molar-refractivity contribution is -0.386. The quantitative estimate of drug-likeness (QED) is 0.0199. The van der Waals surface area contributed by atoms with Gasteiger partial charge in [0.1, 0.15) is 67.1 Å². The van der Waals surface area contributed by atoms with E-state index in [4.69, 9.17) is 28.4 Å². The predicted octanol–water partition coefficient (Wildman–Crippen LogP) is 16.4. The topological polar surface area (TPSA) is 373 Å². The van der Waals surface area contributed by atoms with Gasteiger partial charge in [-0.1, -0.05) is 398 Å². The molecule has 18 unspecified atom stereocenters. The van der Waals surface area contributed by atoms with Gasteiger partial charge in [-0.25, -0.2) is 4.79 Å². The van der Waals surface area contributed by atoms with E-state index in [1.54, 1.807) is 6.08 Å². The van der Waals surface area contributed by atoms with Gasteiger partial charge < -0.3 is 100 Å². The van der Waals surface area contributed by atoms with E-state index in [0.29, 0.717) is 12.8 Å². The molecule has 3 rings (SSSR count). The minimum absolute atomic E-state index is 0.206. The molecule has 23 nitrogen and oxygen atoms in total. The summed E-state index contributed by atoms with van der Waals surface area (Å²) >= 11 is 0. The van der Waals surface area contributed by atoms with Crippen LogP contribution in [0.3, 0.4) is 0 Å². The van der Waals surface area contributed by atoms with Gasteiger partial charge in [-0.15, -0.1) is 0 Å². The molecule has 3 heterocycles. The second-order valence-electron chi connectivity index (χ2n) is 34.9. The molecule has 23 heteroatoms. The van der Waals surface area contributed by atoms with Gasteiger partial charge in [-0.05, 0) is 19.3 Å². The molecule has 0 saturated carbocycles. The lowest BCUT2D eigenvalue weighted by atomic mass is 9.88. The third-order valence-electron chi connectivity index (χ3n) is 24.5. The van der Waals surface area contributed by atoms with Crippen molar-refractivity contribution in [3.8, 4) is 0 Å². The van der Waals surface area contributed by atoms with E-state index < -0.39 is 155 Å². The number of aliphatic hydroxyl groups is 11. The lowest BCUT2D eigenvalue weighted by Crippen LogP contribution is -2.70. The van der Waals surface area contributed by atoms with E-state index in [1.165, 1.54) is 334 Å². The molecule has 0 spiro atoms. The Morgan fingerprint density at radius 2 is 0.802 bits per heavy atom. The molecule has 0 bridgehead atoms. The number of carbonyl (C=O) groups excluding carboxylic acids is 2. The number of nitrogens with one attached hydrogen (secondary N) is 2. The van der Waals surface area contributed by atoms with Crippen molar-refractivity contribution in [3.63, 3.8) is 0 Å². The zero-order valence-electron chi connectivity index (χ0n) is 73.4. The normalized spacial score (nSPS) is 24.9. The number of hydrogen-bond donors (Lipinski definition) is 14. The lowest BCUT2D eigenvalue weighted by Gasteiger charge is -2.50. The molecule has 116 heavy (non-hydrogen) atoms. The minimum atomic E-state index is -3.08. The molecule has 0 radical (unpaired) electrons. The Hall–Kier alpha value is -2.53. The number of carboxylic acids is 1. The molecule has 3 saturated heterocycles. The van der Waals surface area contributed by atoms with Crippen molar-refractivity contribution in [2.75, 3.05) is 26.4 Å². The van der Waals surface area contributed by atoms with Crippen LogP contribution in [0.25, 0.3) is 0 Å². The van der Waals surface area contributed by atoms with Crippen molar-refractivity contribution in [1.29, 1.82) is 0 Å². The Morgan fingerprint density at radius 3 is 1.15 bits per heavy atom. The van der Waals surface area contributed by atoms with Crippen molar-refractivity contribution in [3.05, 3.63) is 12.2 Å². The highest BCUT2D eigenvalue weighted by molar-refractivity contribution is 5.77. The number of carbonyl (C=O) groups is 3. The summed E-state index contributed by atoms with van der Waals surface area (Å²) in [4.78, 5) is 38.8. The van der Waals surface area contributed by atoms with Gasteiger partial charge >= 0.3 is 5.97 Å². The summed E-state index contributed by atoms with van der Waals surface area (Å²) in [5.74, 6) is -6.13. The number of carboxylic acid groups (broad SMARTS) is 1. The van der Waals surface area contributed by atoms with Crippen LogP contribution in [-0.4, -0.2) is 215 Å². The van der Waals surface area contributed by atoms with Crippen LogP contribution in [0.4, 0.5) is 0 Å². The largest absolute Gasteiger partial charge is 0.477 e. The van der Waals surface area contributed by atoms with Crippen molar-refractivity contribution < 1.29 is 104 Å². The van der Waals surface area contributed by atoms with Crippen LogP contribution in [0.1, 0.15) is 425 Å². The number of ether oxygens (including phenoxy) is 6. The number of unbranched alkanes of at least 4 members (excludes halogenated alkanes) is 59. The molecule has 3 aliphatic rings. The van der Waals surface area contributed by atoms with E-state index in [2.05, 4.69) is 24.5 Å². The van der Waals surface area contributed by atoms with Gasteiger partial charge in [-0.2, -0.15) is 0 Å². The van der Waals surface area contributed by atoms with Crippen LogP contribution in [0.5, 0.6) is 0 Å². The maximum Gasteiger partial charge on any atom is 0.364 e. The van der Waals surface area contributed by atoms with Crippen LogP contribution in [0, 0.1) is 0 Å². The van der Waals surface area contributed by atoms with Crippen LogP contribution in [0.2, 0.25) is 0 Å². The highest BCUT2D eigenvalue weighted by Gasteiger charge is 2.60.